The first kappa shape index (κ1) is 17.8. The molecule has 0 aromatic heterocycles. The van der Waals surface area contributed by atoms with Crippen LogP contribution in [0.15, 0.2) is 0 Å². The molecule has 0 amide bonds. The van der Waals surface area contributed by atoms with Gasteiger partial charge in [0.25, 0.3) is 0 Å². The maximum Gasteiger partial charge on any atom is 0.472 e. The summed E-state index contributed by atoms with van der Waals surface area (Å²) in [4.78, 5) is 9.08. The van der Waals surface area contributed by atoms with Crippen LogP contribution in [0.4, 0.5) is 0 Å². The van der Waals surface area contributed by atoms with Crippen molar-refractivity contribution in [1.82, 2.24) is 0 Å². The summed E-state index contributed by atoms with van der Waals surface area (Å²) in [6.45, 7) is 4.56. The molecule has 1 N–H and O–H groups in total. The van der Waals surface area contributed by atoms with Gasteiger partial charge in [-0.3, -0.25) is 9.05 Å². The fourth-order valence-corrected chi connectivity index (χ4v) is 1.48. The Morgan fingerprint density at radius 1 is 1.07 bits per heavy atom. The number of phosphoric acid groups is 1. The van der Waals surface area contributed by atoms with E-state index in [2.05, 4.69) is 0 Å². The molecular weight excluding hydrogens is 335 g/mol. The summed E-state index contributed by atoms with van der Waals surface area (Å²) < 4.78 is 20.5. The number of rotatable bonds is 8. The third kappa shape index (κ3) is 11.5. The Bertz CT molecular complexity index is 151. The van der Waals surface area contributed by atoms with Gasteiger partial charge in [0.15, 0.2) is 0 Å². The van der Waals surface area contributed by atoms with Gasteiger partial charge in [-0.2, -0.15) is 0 Å². The van der Waals surface area contributed by atoms with E-state index in [1.807, 2.05) is 13.8 Å². The molecule has 4 nitrogen and oxygen atoms in total. The minimum absolute atomic E-state index is 0. The summed E-state index contributed by atoms with van der Waals surface area (Å²) in [7, 11) is -3.75. The van der Waals surface area contributed by atoms with Crippen molar-refractivity contribution >= 4 is 7.82 Å². The van der Waals surface area contributed by atoms with Crippen molar-refractivity contribution < 1.29 is 59.3 Å². The van der Waals surface area contributed by atoms with Gasteiger partial charge in [-0.15, -0.1) is 0 Å². The molecule has 0 aromatic carbocycles. The van der Waals surface area contributed by atoms with E-state index in [-0.39, 0.29) is 54.1 Å². The quantitative estimate of drug-likeness (QED) is 0.538. The third-order valence-corrected chi connectivity index (χ3v) is 2.52. The Morgan fingerprint density at radius 2 is 1.43 bits per heavy atom. The van der Waals surface area contributed by atoms with Crippen LogP contribution in [0, 0.1) is 40.8 Å². The van der Waals surface area contributed by atoms with Crippen LogP contribution in [-0.2, 0) is 13.6 Å². The first-order chi connectivity index (χ1) is 6.12. The average Bonchev–Trinajstić information content (AvgIpc) is 2.05. The predicted molar refractivity (Wildman–Crippen MR) is 51.5 cm³/mol. The van der Waals surface area contributed by atoms with E-state index in [0.29, 0.717) is 0 Å². The van der Waals surface area contributed by atoms with Crippen LogP contribution in [0.2, 0.25) is 0 Å². The van der Waals surface area contributed by atoms with E-state index >= 15 is 0 Å². The minimum Gasteiger partial charge on any atom is -0.302 e. The molecule has 0 fully saturated rings. The Morgan fingerprint density at radius 3 is 1.71 bits per heavy atom. The molecule has 0 spiro atoms. The van der Waals surface area contributed by atoms with Crippen LogP contribution >= 0.6 is 7.82 Å². The van der Waals surface area contributed by atoms with E-state index in [0.717, 1.165) is 25.7 Å². The van der Waals surface area contributed by atoms with Gasteiger partial charge in [-0.1, -0.05) is 26.7 Å². The SMILES string of the molecule is CCCCOP(=O)(O)OCCCC.[Nd]. The van der Waals surface area contributed by atoms with Crippen LogP contribution in [0.1, 0.15) is 39.5 Å². The Hall–Kier alpha value is 1.46. The summed E-state index contributed by atoms with van der Waals surface area (Å²) in [6.07, 6.45) is 3.44. The first-order valence-electron chi connectivity index (χ1n) is 4.74. The monoisotopic (exact) mass is 352 g/mol. The Balaban J connectivity index is 0. The molecule has 0 atom stereocenters. The molecule has 0 bridgehead atoms. The fraction of sp³-hybridized carbons (Fsp3) is 1.00. The summed E-state index contributed by atoms with van der Waals surface area (Å²) in [5.74, 6) is 0. The fourth-order valence-electron chi connectivity index (χ4n) is 0.686. The van der Waals surface area contributed by atoms with E-state index < -0.39 is 7.82 Å². The van der Waals surface area contributed by atoms with Gasteiger partial charge in [0.1, 0.15) is 0 Å². The molecule has 0 heterocycles. The van der Waals surface area contributed by atoms with Crippen molar-refractivity contribution in [3.8, 4) is 0 Å². The minimum atomic E-state index is -3.75. The van der Waals surface area contributed by atoms with Crippen molar-refractivity contribution in [2.24, 2.45) is 0 Å². The number of phosphoric ester groups is 1. The molecule has 0 aromatic rings. The van der Waals surface area contributed by atoms with Crippen molar-refractivity contribution in [3.05, 3.63) is 0 Å². The number of hydrogen-bond donors (Lipinski definition) is 1. The Labute approximate surface area is 119 Å². The van der Waals surface area contributed by atoms with Gasteiger partial charge >= 0.3 is 7.82 Å². The van der Waals surface area contributed by atoms with Crippen LogP contribution in [0.3, 0.4) is 0 Å². The molecular formula is C8H19NdO4P. The zero-order chi connectivity index (χ0) is 10.2. The van der Waals surface area contributed by atoms with Gasteiger partial charge < -0.3 is 4.89 Å². The van der Waals surface area contributed by atoms with Gasteiger partial charge in [-0.05, 0) is 12.8 Å². The molecule has 0 unspecified atom stereocenters. The molecule has 14 heavy (non-hydrogen) atoms. The van der Waals surface area contributed by atoms with Gasteiger partial charge in [0.05, 0.1) is 13.2 Å². The summed E-state index contributed by atoms with van der Waals surface area (Å²) in [6, 6.07) is 0. The zero-order valence-corrected chi connectivity index (χ0v) is 13.0. The van der Waals surface area contributed by atoms with E-state index in [9.17, 15) is 4.57 Å². The topological polar surface area (TPSA) is 55.8 Å². The maximum absolute atomic E-state index is 11.1. The van der Waals surface area contributed by atoms with E-state index in [1.165, 1.54) is 0 Å². The molecule has 0 aliphatic heterocycles. The maximum atomic E-state index is 11.1. The summed E-state index contributed by atoms with van der Waals surface area (Å²) in [5.41, 5.74) is 0. The Kier molecular flexibility index (Phi) is 14.0. The van der Waals surface area contributed by atoms with E-state index in [1.54, 1.807) is 0 Å². The second-order valence-electron chi connectivity index (χ2n) is 2.84. The number of hydrogen-bond acceptors (Lipinski definition) is 3. The molecule has 6 heteroatoms. The molecule has 0 radical (unpaired) electrons. The smallest absolute Gasteiger partial charge is 0.302 e. The van der Waals surface area contributed by atoms with Gasteiger partial charge in [0.2, 0.25) is 0 Å². The second-order valence-corrected chi connectivity index (χ2v) is 4.30. The largest absolute Gasteiger partial charge is 0.472 e. The van der Waals surface area contributed by atoms with Gasteiger partial charge in [0, 0.05) is 40.8 Å². The summed E-state index contributed by atoms with van der Waals surface area (Å²) in [5, 5.41) is 0. The van der Waals surface area contributed by atoms with Crippen LogP contribution in [-0.4, -0.2) is 18.1 Å². The molecule has 84 valence electrons. The van der Waals surface area contributed by atoms with Gasteiger partial charge in [-0.25, -0.2) is 4.57 Å². The zero-order valence-electron chi connectivity index (χ0n) is 8.86. The molecule has 0 saturated heterocycles. The normalized spacial score (nSPS) is 11.1. The number of unbranched alkanes of at least 4 members (excludes halogenated alkanes) is 2. The van der Waals surface area contributed by atoms with Crippen molar-refractivity contribution in [3.63, 3.8) is 0 Å². The van der Waals surface area contributed by atoms with Crippen LogP contribution in [0.5, 0.6) is 0 Å². The standard InChI is InChI=1S/C8H19O4P.Nd/c1-3-5-7-11-13(9,10)12-8-6-4-2;/h3-8H2,1-2H3,(H,9,10);. The predicted octanol–water partition coefficient (Wildman–Crippen LogP) is 2.72. The van der Waals surface area contributed by atoms with Crippen molar-refractivity contribution in [2.45, 2.75) is 39.5 Å². The second kappa shape index (κ2) is 11.0. The van der Waals surface area contributed by atoms with Crippen LogP contribution < -0.4 is 0 Å². The first-order valence-corrected chi connectivity index (χ1v) is 6.23. The molecule has 0 aliphatic carbocycles. The third-order valence-electron chi connectivity index (χ3n) is 1.50. The van der Waals surface area contributed by atoms with Crippen LogP contribution in [0.25, 0.3) is 0 Å². The average molecular weight is 354 g/mol. The molecule has 0 saturated carbocycles. The molecule has 0 rings (SSSR count). The van der Waals surface area contributed by atoms with Crippen molar-refractivity contribution in [2.75, 3.05) is 13.2 Å². The van der Waals surface area contributed by atoms with Crippen molar-refractivity contribution in [1.29, 1.82) is 0 Å². The van der Waals surface area contributed by atoms with E-state index in [4.69, 9.17) is 13.9 Å². The molecule has 0 aliphatic rings. The summed E-state index contributed by atoms with van der Waals surface area (Å²) >= 11 is 0.